The van der Waals surface area contributed by atoms with Crippen LogP contribution in [0.25, 0.3) is 0 Å². The van der Waals surface area contributed by atoms with Crippen molar-refractivity contribution in [3.05, 3.63) is 28.8 Å². The van der Waals surface area contributed by atoms with Crippen molar-refractivity contribution in [1.29, 1.82) is 0 Å². The van der Waals surface area contributed by atoms with Crippen molar-refractivity contribution in [3.8, 4) is 0 Å². The molecule has 0 spiro atoms. The number of aryl methyl sites for hydroxylation is 1. The lowest BCUT2D eigenvalue weighted by molar-refractivity contribution is 0.665. The van der Waals surface area contributed by atoms with Crippen molar-refractivity contribution in [3.63, 3.8) is 0 Å². The Hall–Kier alpha value is -1.22. The summed E-state index contributed by atoms with van der Waals surface area (Å²) < 4.78 is 0. The SMILES string of the molecule is Cc1ccc(NC(N)=NCC(C)C)cc1Cl. The van der Waals surface area contributed by atoms with E-state index in [-0.39, 0.29) is 0 Å². The molecule has 0 amide bonds. The fourth-order valence-electron chi connectivity index (χ4n) is 1.14. The van der Waals surface area contributed by atoms with Crippen LogP contribution in [0.2, 0.25) is 5.02 Å². The van der Waals surface area contributed by atoms with Crippen LogP contribution in [0, 0.1) is 12.8 Å². The summed E-state index contributed by atoms with van der Waals surface area (Å²) in [4.78, 5) is 4.21. The quantitative estimate of drug-likeness (QED) is 0.629. The van der Waals surface area contributed by atoms with Crippen LogP contribution in [0.1, 0.15) is 19.4 Å². The summed E-state index contributed by atoms with van der Waals surface area (Å²) in [6, 6.07) is 5.72. The van der Waals surface area contributed by atoms with Gasteiger partial charge < -0.3 is 11.1 Å². The van der Waals surface area contributed by atoms with Crippen molar-refractivity contribution in [2.75, 3.05) is 11.9 Å². The van der Waals surface area contributed by atoms with E-state index in [9.17, 15) is 0 Å². The monoisotopic (exact) mass is 239 g/mol. The highest BCUT2D eigenvalue weighted by Crippen LogP contribution is 2.19. The molecule has 0 heterocycles. The molecule has 0 fully saturated rings. The molecule has 3 nitrogen and oxygen atoms in total. The van der Waals surface area contributed by atoms with Crippen molar-refractivity contribution in [2.45, 2.75) is 20.8 Å². The zero-order chi connectivity index (χ0) is 12.1. The van der Waals surface area contributed by atoms with Crippen LogP contribution in [0.4, 0.5) is 5.69 Å². The summed E-state index contributed by atoms with van der Waals surface area (Å²) >= 11 is 6.00. The van der Waals surface area contributed by atoms with Gasteiger partial charge in [-0.05, 0) is 30.5 Å². The third kappa shape index (κ3) is 4.11. The van der Waals surface area contributed by atoms with Gasteiger partial charge in [-0.1, -0.05) is 31.5 Å². The van der Waals surface area contributed by atoms with Crippen LogP contribution >= 0.6 is 11.6 Å². The molecule has 0 aromatic heterocycles. The third-order valence-electron chi connectivity index (χ3n) is 2.07. The minimum atomic E-state index is 0.425. The van der Waals surface area contributed by atoms with Crippen LogP contribution in [0.15, 0.2) is 23.2 Å². The summed E-state index contributed by atoms with van der Waals surface area (Å²) in [5.41, 5.74) is 7.65. The fourth-order valence-corrected chi connectivity index (χ4v) is 1.32. The first-order valence-corrected chi connectivity index (χ1v) is 5.70. The van der Waals surface area contributed by atoms with Crippen molar-refractivity contribution in [1.82, 2.24) is 0 Å². The molecule has 1 rings (SSSR count). The lowest BCUT2D eigenvalue weighted by Gasteiger charge is -2.07. The van der Waals surface area contributed by atoms with E-state index >= 15 is 0 Å². The maximum absolute atomic E-state index is 6.00. The standard InChI is InChI=1S/C12H18ClN3/c1-8(2)7-15-12(14)16-10-5-4-9(3)11(13)6-10/h4-6,8H,7H2,1-3H3,(H3,14,15,16). The van der Waals surface area contributed by atoms with E-state index in [0.29, 0.717) is 11.9 Å². The van der Waals surface area contributed by atoms with Gasteiger partial charge in [0.2, 0.25) is 0 Å². The number of hydrogen-bond acceptors (Lipinski definition) is 1. The summed E-state index contributed by atoms with van der Waals surface area (Å²) in [6.07, 6.45) is 0. The van der Waals surface area contributed by atoms with E-state index in [4.69, 9.17) is 17.3 Å². The molecule has 0 bridgehead atoms. The molecule has 0 aliphatic rings. The van der Waals surface area contributed by atoms with E-state index < -0.39 is 0 Å². The number of nitrogens with zero attached hydrogens (tertiary/aromatic N) is 1. The van der Waals surface area contributed by atoms with E-state index in [2.05, 4.69) is 24.2 Å². The maximum Gasteiger partial charge on any atom is 0.193 e. The molecule has 0 saturated carbocycles. The van der Waals surface area contributed by atoms with Gasteiger partial charge in [0.05, 0.1) is 0 Å². The molecular formula is C12H18ClN3. The zero-order valence-electron chi connectivity index (χ0n) is 9.92. The highest BCUT2D eigenvalue weighted by atomic mass is 35.5. The number of hydrogen-bond donors (Lipinski definition) is 2. The molecule has 0 unspecified atom stereocenters. The first kappa shape index (κ1) is 12.8. The summed E-state index contributed by atoms with van der Waals surface area (Å²) in [6.45, 7) is 6.87. The highest BCUT2D eigenvalue weighted by molar-refractivity contribution is 6.31. The van der Waals surface area contributed by atoms with Crippen molar-refractivity contribution in [2.24, 2.45) is 16.6 Å². The van der Waals surface area contributed by atoms with Crippen molar-refractivity contribution >= 4 is 23.2 Å². The molecule has 0 radical (unpaired) electrons. The Morgan fingerprint density at radius 3 is 2.75 bits per heavy atom. The van der Waals surface area contributed by atoms with Gasteiger partial charge in [0.1, 0.15) is 0 Å². The Kier molecular flexibility index (Phi) is 4.62. The molecule has 88 valence electrons. The fraction of sp³-hybridized carbons (Fsp3) is 0.417. The Morgan fingerprint density at radius 1 is 1.50 bits per heavy atom. The summed E-state index contributed by atoms with van der Waals surface area (Å²) in [7, 11) is 0. The summed E-state index contributed by atoms with van der Waals surface area (Å²) in [5.74, 6) is 0.926. The predicted molar refractivity (Wildman–Crippen MR) is 71.1 cm³/mol. The predicted octanol–water partition coefficient (Wildman–Crippen LogP) is 3.03. The largest absolute Gasteiger partial charge is 0.370 e. The number of rotatable bonds is 3. The van der Waals surface area contributed by atoms with E-state index in [1.165, 1.54) is 0 Å². The third-order valence-corrected chi connectivity index (χ3v) is 2.48. The average molecular weight is 240 g/mol. The van der Waals surface area contributed by atoms with Crippen molar-refractivity contribution < 1.29 is 0 Å². The smallest absolute Gasteiger partial charge is 0.193 e. The molecule has 1 aromatic carbocycles. The van der Waals surface area contributed by atoms with Gasteiger partial charge in [0.25, 0.3) is 0 Å². The van der Waals surface area contributed by atoms with Gasteiger partial charge >= 0.3 is 0 Å². The van der Waals surface area contributed by atoms with Crippen LogP contribution in [0.3, 0.4) is 0 Å². The van der Waals surface area contributed by atoms with E-state index in [0.717, 1.165) is 22.8 Å². The maximum atomic E-state index is 6.00. The van der Waals surface area contributed by atoms with Crippen LogP contribution < -0.4 is 11.1 Å². The normalized spacial score (nSPS) is 11.9. The second-order valence-corrected chi connectivity index (χ2v) is 4.62. The van der Waals surface area contributed by atoms with Gasteiger partial charge in [0.15, 0.2) is 5.96 Å². The minimum absolute atomic E-state index is 0.425. The first-order chi connectivity index (χ1) is 7.49. The Bertz CT molecular complexity index is 386. The number of guanidine groups is 1. The number of anilines is 1. The molecule has 0 atom stereocenters. The molecule has 0 aliphatic carbocycles. The highest BCUT2D eigenvalue weighted by Gasteiger charge is 1.99. The van der Waals surface area contributed by atoms with Gasteiger partial charge in [-0.25, -0.2) is 0 Å². The Labute approximate surface area is 102 Å². The topological polar surface area (TPSA) is 50.4 Å². The molecular weight excluding hydrogens is 222 g/mol. The van der Waals surface area contributed by atoms with Crippen LogP contribution in [-0.2, 0) is 0 Å². The second-order valence-electron chi connectivity index (χ2n) is 4.21. The number of benzene rings is 1. The Balaban J connectivity index is 2.66. The van der Waals surface area contributed by atoms with Gasteiger partial charge in [-0.15, -0.1) is 0 Å². The molecule has 16 heavy (non-hydrogen) atoms. The van der Waals surface area contributed by atoms with Crippen LogP contribution in [-0.4, -0.2) is 12.5 Å². The molecule has 3 N–H and O–H groups in total. The number of nitrogens with one attached hydrogen (secondary N) is 1. The molecule has 0 saturated heterocycles. The van der Waals surface area contributed by atoms with E-state index in [1.54, 1.807) is 0 Å². The van der Waals surface area contributed by atoms with Gasteiger partial charge in [-0.2, -0.15) is 0 Å². The minimum Gasteiger partial charge on any atom is -0.370 e. The molecule has 1 aromatic rings. The summed E-state index contributed by atoms with van der Waals surface area (Å²) in [5, 5.41) is 3.73. The number of halogens is 1. The average Bonchev–Trinajstić information content (AvgIpc) is 2.21. The second kappa shape index (κ2) is 5.75. The Morgan fingerprint density at radius 2 is 2.19 bits per heavy atom. The van der Waals surface area contributed by atoms with Crippen LogP contribution in [0.5, 0.6) is 0 Å². The van der Waals surface area contributed by atoms with E-state index in [1.807, 2.05) is 25.1 Å². The number of nitrogens with two attached hydrogens (primary N) is 1. The van der Waals surface area contributed by atoms with Gasteiger partial charge in [0, 0.05) is 17.3 Å². The molecule has 4 heteroatoms. The zero-order valence-corrected chi connectivity index (χ0v) is 10.7. The van der Waals surface area contributed by atoms with Gasteiger partial charge in [-0.3, -0.25) is 4.99 Å². The number of aliphatic imine (C=N–C) groups is 1. The first-order valence-electron chi connectivity index (χ1n) is 5.32. The molecule has 0 aliphatic heterocycles. The lowest BCUT2D eigenvalue weighted by atomic mass is 10.2. The lowest BCUT2D eigenvalue weighted by Crippen LogP contribution is -2.23.